The zero-order chi connectivity index (χ0) is 18.9. The molecular formula is C17H19N3O5S. The number of nitrogens with zero attached hydrogens (tertiary/aromatic N) is 2. The Bertz CT molecular complexity index is 947. The number of anilines is 1. The van der Waals surface area contributed by atoms with E-state index in [0.29, 0.717) is 30.0 Å². The fourth-order valence-corrected chi connectivity index (χ4v) is 3.75. The Morgan fingerprint density at radius 1 is 1.23 bits per heavy atom. The van der Waals surface area contributed by atoms with Crippen LogP contribution in [0.1, 0.15) is 27.8 Å². The van der Waals surface area contributed by atoms with Crippen LogP contribution in [-0.2, 0) is 21.3 Å². The Labute approximate surface area is 151 Å². The first kappa shape index (κ1) is 18.0. The van der Waals surface area contributed by atoms with E-state index in [0.717, 1.165) is 0 Å². The molecule has 1 amide bonds. The van der Waals surface area contributed by atoms with E-state index in [2.05, 4.69) is 4.72 Å². The molecular weight excluding hydrogens is 358 g/mol. The molecule has 1 aromatic carbocycles. The van der Waals surface area contributed by atoms with Gasteiger partial charge in [-0.25, -0.2) is 13.2 Å². The van der Waals surface area contributed by atoms with Crippen molar-refractivity contribution in [2.45, 2.75) is 18.4 Å². The minimum Gasteiger partial charge on any atom is -0.462 e. The highest BCUT2D eigenvalue weighted by molar-refractivity contribution is 7.92. The third-order valence-electron chi connectivity index (χ3n) is 4.07. The maximum absolute atomic E-state index is 12.6. The van der Waals surface area contributed by atoms with Gasteiger partial charge >= 0.3 is 5.97 Å². The second-order valence-electron chi connectivity index (χ2n) is 5.88. The molecule has 0 bridgehead atoms. The maximum atomic E-state index is 12.6. The minimum absolute atomic E-state index is 0.0191. The summed E-state index contributed by atoms with van der Waals surface area (Å²) >= 11 is 0. The number of ether oxygens (including phenoxy) is 1. The molecule has 138 valence electrons. The molecule has 0 fully saturated rings. The van der Waals surface area contributed by atoms with Gasteiger partial charge in [0.2, 0.25) is 0 Å². The van der Waals surface area contributed by atoms with E-state index in [9.17, 15) is 18.0 Å². The third kappa shape index (κ3) is 3.43. The van der Waals surface area contributed by atoms with Crippen molar-refractivity contribution in [2.75, 3.05) is 24.9 Å². The average molecular weight is 377 g/mol. The number of hydrogen-bond donors (Lipinski definition) is 1. The summed E-state index contributed by atoms with van der Waals surface area (Å²) < 4.78 is 34.2. The van der Waals surface area contributed by atoms with Crippen LogP contribution in [0.25, 0.3) is 0 Å². The van der Waals surface area contributed by atoms with Crippen molar-refractivity contribution in [3.8, 4) is 0 Å². The molecule has 0 unspecified atom stereocenters. The molecule has 8 nitrogen and oxygen atoms in total. The summed E-state index contributed by atoms with van der Waals surface area (Å²) in [5, 5.41) is 0. The average Bonchev–Trinajstić information content (AvgIpc) is 3.05. The van der Waals surface area contributed by atoms with Crippen LogP contribution in [0.3, 0.4) is 0 Å². The van der Waals surface area contributed by atoms with Crippen LogP contribution < -0.4 is 4.72 Å². The van der Waals surface area contributed by atoms with Crippen molar-refractivity contribution in [3.05, 3.63) is 47.8 Å². The number of benzene rings is 1. The summed E-state index contributed by atoms with van der Waals surface area (Å²) in [6.07, 6.45) is 1.45. The number of likely N-dealkylation sites (N-methyl/N-ethyl adjacent to an activating group) is 1. The molecule has 2 heterocycles. The van der Waals surface area contributed by atoms with Crippen LogP contribution in [0.2, 0.25) is 0 Å². The number of nitrogens with one attached hydrogen (secondary N) is 1. The highest BCUT2D eigenvalue weighted by Gasteiger charge is 2.26. The van der Waals surface area contributed by atoms with E-state index in [-0.39, 0.29) is 17.4 Å². The second-order valence-corrected chi connectivity index (χ2v) is 7.57. The molecule has 0 saturated carbocycles. The largest absolute Gasteiger partial charge is 0.462 e. The first-order chi connectivity index (χ1) is 12.3. The topological polar surface area (TPSA) is 97.7 Å². The van der Waals surface area contributed by atoms with Crippen molar-refractivity contribution in [3.63, 3.8) is 0 Å². The lowest BCUT2D eigenvalue weighted by Gasteiger charge is -2.23. The van der Waals surface area contributed by atoms with Gasteiger partial charge in [-0.05, 0) is 37.3 Å². The lowest BCUT2D eigenvalue weighted by atomic mass is 10.2. The van der Waals surface area contributed by atoms with Gasteiger partial charge in [0.25, 0.3) is 15.9 Å². The van der Waals surface area contributed by atoms with Crippen molar-refractivity contribution in [1.82, 2.24) is 9.47 Å². The predicted octanol–water partition coefficient (Wildman–Crippen LogP) is 1.55. The van der Waals surface area contributed by atoms with Crippen molar-refractivity contribution >= 4 is 27.6 Å². The predicted molar refractivity (Wildman–Crippen MR) is 94.6 cm³/mol. The van der Waals surface area contributed by atoms with Crippen LogP contribution >= 0.6 is 0 Å². The molecule has 1 aromatic heterocycles. The zero-order valence-corrected chi connectivity index (χ0v) is 15.2. The summed E-state index contributed by atoms with van der Waals surface area (Å²) in [5.41, 5.74) is 0.991. The summed E-state index contributed by atoms with van der Waals surface area (Å²) in [5.74, 6) is -0.680. The molecule has 0 atom stereocenters. The molecule has 9 heteroatoms. The van der Waals surface area contributed by atoms with Crippen molar-refractivity contribution < 1.29 is 22.7 Å². The third-order valence-corrected chi connectivity index (χ3v) is 5.42. The quantitative estimate of drug-likeness (QED) is 0.798. The van der Waals surface area contributed by atoms with Crippen LogP contribution in [-0.4, -0.2) is 50.0 Å². The van der Waals surface area contributed by atoms with E-state index in [1.165, 1.54) is 36.5 Å². The SMILES string of the molecule is CCOC(=O)c1ccc(NS(=O)(=O)c2cc3n(c2)CCN(C)C3=O)cc1. The number of rotatable bonds is 5. The number of carbonyl (C=O) groups excluding carboxylic acids is 2. The first-order valence-electron chi connectivity index (χ1n) is 8.07. The van der Waals surface area contributed by atoms with E-state index < -0.39 is 16.0 Å². The van der Waals surface area contributed by atoms with Gasteiger partial charge in [0, 0.05) is 32.0 Å². The number of fused-ring (bicyclic) bond motifs is 1. The molecule has 1 aliphatic rings. The van der Waals surface area contributed by atoms with Crippen molar-refractivity contribution in [1.29, 1.82) is 0 Å². The number of sulfonamides is 1. The van der Waals surface area contributed by atoms with Crippen molar-refractivity contribution in [2.24, 2.45) is 0 Å². The van der Waals surface area contributed by atoms with E-state index >= 15 is 0 Å². The molecule has 2 aromatic rings. The lowest BCUT2D eigenvalue weighted by molar-refractivity contribution is 0.0526. The zero-order valence-electron chi connectivity index (χ0n) is 14.4. The minimum atomic E-state index is -3.85. The standard InChI is InChI=1S/C17H19N3O5S/c1-3-25-17(22)12-4-6-13(7-5-12)18-26(23,24)14-10-15-16(21)19(2)8-9-20(15)11-14/h4-7,10-11,18H,3,8-9H2,1-2H3. The van der Waals surface area contributed by atoms with Gasteiger partial charge in [0.1, 0.15) is 10.6 Å². The highest BCUT2D eigenvalue weighted by Crippen LogP contribution is 2.22. The molecule has 3 rings (SSSR count). The van der Waals surface area contributed by atoms with E-state index in [4.69, 9.17) is 4.74 Å². The maximum Gasteiger partial charge on any atom is 0.338 e. The van der Waals surface area contributed by atoms with Crippen LogP contribution in [0.15, 0.2) is 41.4 Å². The number of amides is 1. The number of carbonyl (C=O) groups is 2. The highest BCUT2D eigenvalue weighted by atomic mass is 32.2. The fraction of sp³-hybridized carbons (Fsp3) is 0.294. The summed E-state index contributed by atoms with van der Waals surface area (Å²) in [6.45, 7) is 3.05. The van der Waals surface area contributed by atoms with Gasteiger partial charge in [-0.1, -0.05) is 0 Å². The lowest BCUT2D eigenvalue weighted by Crippen LogP contribution is -2.36. The van der Waals surface area contributed by atoms with Crippen LogP contribution in [0.4, 0.5) is 5.69 Å². The Morgan fingerprint density at radius 3 is 2.58 bits per heavy atom. The summed E-state index contributed by atoms with van der Waals surface area (Å²) in [7, 11) is -2.17. The molecule has 26 heavy (non-hydrogen) atoms. The smallest absolute Gasteiger partial charge is 0.338 e. The number of aromatic nitrogens is 1. The van der Waals surface area contributed by atoms with Gasteiger partial charge in [0.15, 0.2) is 0 Å². The normalized spacial score (nSPS) is 14.1. The van der Waals surface area contributed by atoms with E-state index in [1.807, 2.05) is 0 Å². The molecule has 1 N–H and O–H groups in total. The summed E-state index contributed by atoms with van der Waals surface area (Å²) in [6, 6.07) is 7.31. The first-order valence-corrected chi connectivity index (χ1v) is 9.56. The van der Waals surface area contributed by atoms with Gasteiger partial charge < -0.3 is 14.2 Å². The van der Waals surface area contributed by atoms with Gasteiger partial charge in [-0.15, -0.1) is 0 Å². The van der Waals surface area contributed by atoms with Gasteiger partial charge in [-0.3, -0.25) is 9.52 Å². The summed E-state index contributed by atoms with van der Waals surface area (Å²) in [4.78, 5) is 25.3. The molecule has 0 aliphatic carbocycles. The molecule has 0 radical (unpaired) electrons. The van der Waals surface area contributed by atoms with E-state index in [1.54, 1.807) is 23.4 Å². The molecule has 0 saturated heterocycles. The second kappa shape index (κ2) is 6.83. The Kier molecular flexibility index (Phi) is 4.73. The monoisotopic (exact) mass is 377 g/mol. The molecule has 0 spiro atoms. The van der Waals surface area contributed by atoms with Crippen LogP contribution in [0, 0.1) is 0 Å². The Hall–Kier alpha value is -2.81. The fourth-order valence-electron chi connectivity index (χ4n) is 2.65. The molecule has 1 aliphatic heterocycles. The number of esters is 1. The van der Waals surface area contributed by atoms with Crippen LogP contribution in [0.5, 0.6) is 0 Å². The van der Waals surface area contributed by atoms with Gasteiger partial charge in [0.05, 0.1) is 12.2 Å². The number of hydrogen-bond acceptors (Lipinski definition) is 5. The van der Waals surface area contributed by atoms with Gasteiger partial charge in [-0.2, -0.15) is 0 Å². The Morgan fingerprint density at radius 2 is 1.92 bits per heavy atom. The Balaban J connectivity index is 1.81.